The molecule has 3 aromatic rings. The summed E-state index contributed by atoms with van der Waals surface area (Å²) in [6.45, 7) is 1.78. The van der Waals surface area contributed by atoms with Gasteiger partial charge in [0.1, 0.15) is 18.1 Å². The minimum absolute atomic E-state index is 0.0978. The number of hydrogen-bond acceptors (Lipinski definition) is 6. The molecule has 1 N–H and O–H groups in total. The van der Waals surface area contributed by atoms with E-state index in [0.717, 1.165) is 6.54 Å². The molecule has 0 spiro atoms. The van der Waals surface area contributed by atoms with Crippen molar-refractivity contribution in [2.45, 2.75) is 12.3 Å². The van der Waals surface area contributed by atoms with E-state index in [0.29, 0.717) is 18.8 Å². The first-order valence-electron chi connectivity index (χ1n) is 7.58. The van der Waals surface area contributed by atoms with E-state index in [1.165, 1.54) is 35.4 Å². The van der Waals surface area contributed by atoms with E-state index in [2.05, 4.69) is 25.3 Å². The van der Waals surface area contributed by atoms with Gasteiger partial charge in [-0.05, 0) is 6.07 Å². The van der Waals surface area contributed by atoms with Gasteiger partial charge in [0.25, 0.3) is 0 Å². The van der Waals surface area contributed by atoms with Crippen LogP contribution in [0.2, 0.25) is 0 Å². The van der Waals surface area contributed by atoms with Gasteiger partial charge in [0.2, 0.25) is 0 Å². The molecule has 0 bridgehead atoms. The number of hydrogen-bond donors (Lipinski definition) is 1. The van der Waals surface area contributed by atoms with Gasteiger partial charge in [0.15, 0.2) is 11.3 Å². The summed E-state index contributed by atoms with van der Waals surface area (Å²) in [6, 6.07) is 1.51. The molecule has 1 aliphatic heterocycles. The number of aromatic nitrogens is 5. The summed E-state index contributed by atoms with van der Waals surface area (Å²) in [5.74, 6) is 0. The molecule has 0 saturated carbocycles. The highest BCUT2D eigenvalue weighted by molar-refractivity contribution is 5.64. The lowest BCUT2D eigenvalue weighted by Crippen LogP contribution is -2.33. The number of imidazole rings is 1. The number of nitrogens with one attached hydrogen (secondary N) is 1. The number of rotatable bonds is 2. The van der Waals surface area contributed by atoms with Gasteiger partial charge in [0, 0.05) is 25.5 Å². The minimum Gasteiger partial charge on any atom is -0.369 e. The molecule has 0 radical (unpaired) electrons. The third-order valence-electron chi connectivity index (χ3n) is 3.89. The van der Waals surface area contributed by atoms with Crippen molar-refractivity contribution in [3.63, 3.8) is 0 Å². The van der Waals surface area contributed by atoms with E-state index in [4.69, 9.17) is 4.74 Å². The molecule has 0 aliphatic carbocycles. The summed E-state index contributed by atoms with van der Waals surface area (Å²) >= 11 is 0. The SMILES string of the molecule is FC(F)(F)c1nc2cnccn2c1-c1cc(C2CNCCO2)ncn1. The third-order valence-corrected chi connectivity index (χ3v) is 3.89. The van der Waals surface area contributed by atoms with E-state index >= 15 is 0 Å². The molecule has 130 valence electrons. The highest BCUT2D eigenvalue weighted by Crippen LogP contribution is 2.36. The number of halogens is 3. The Morgan fingerprint density at radius 3 is 2.92 bits per heavy atom. The van der Waals surface area contributed by atoms with Crippen LogP contribution in [0.1, 0.15) is 17.5 Å². The van der Waals surface area contributed by atoms with Crippen molar-refractivity contribution in [3.8, 4) is 11.4 Å². The maximum atomic E-state index is 13.5. The molecule has 1 atom stereocenters. The Balaban J connectivity index is 1.86. The van der Waals surface area contributed by atoms with Crippen LogP contribution in [0, 0.1) is 0 Å². The number of alkyl halides is 3. The number of ether oxygens (including phenoxy) is 1. The predicted octanol–water partition coefficient (Wildman–Crippen LogP) is 1.87. The van der Waals surface area contributed by atoms with Crippen molar-refractivity contribution >= 4 is 5.65 Å². The fraction of sp³-hybridized carbons (Fsp3) is 0.333. The van der Waals surface area contributed by atoms with Crippen molar-refractivity contribution in [2.24, 2.45) is 0 Å². The summed E-state index contributed by atoms with van der Waals surface area (Å²) in [6.07, 6.45) is 0.390. The average Bonchev–Trinajstić information content (AvgIpc) is 3.03. The van der Waals surface area contributed by atoms with E-state index in [1.807, 2.05) is 0 Å². The van der Waals surface area contributed by atoms with Gasteiger partial charge >= 0.3 is 6.18 Å². The van der Waals surface area contributed by atoms with Gasteiger partial charge in [-0.1, -0.05) is 0 Å². The average molecular weight is 350 g/mol. The predicted molar refractivity (Wildman–Crippen MR) is 80.6 cm³/mol. The Labute approximate surface area is 139 Å². The normalized spacial score (nSPS) is 18.6. The highest BCUT2D eigenvalue weighted by Gasteiger charge is 2.39. The Hall–Kier alpha value is -2.59. The maximum absolute atomic E-state index is 13.5. The zero-order valence-electron chi connectivity index (χ0n) is 12.9. The second kappa shape index (κ2) is 6.05. The second-order valence-electron chi connectivity index (χ2n) is 5.50. The van der Waals surface area contributed by atoms with Gasteiger partial charge in [-0.25, -0.2) is 15.0 Å². The van der Waals surface area contributed by atoms with E-state index in [9.17, 15) is 13.2 Å². The van der Waals surface area contributed by atoms with Crippen LogP contribution >= 0.6 is 0 Å². The van der Waals surface area contributed by atoms with Gasteiger partial charge in [-0.3, -0.25) is 9.38 Å². The number of nitrogens with zero attached hydrogens (tertiary/aromatic N) is 5. The van der Waals surface area contributed by atoms with Gasteiger partial charge < -0.3 is 10.1 Å². The fourth-order valence-corrected chi connectivity index (χ4v) is 2.78. The van der Waals surface area contributed by atoms with Crippen LogP contribution in [-0.2, 0) is 10.9 Å². The molecule has 7 nitrogen and oxygen atoms in total. The molecule has 1 saturated heterocycles. The largest absolute Gasteiger partial charge is 0.435 e. The zero-order valence-corrected chi connectivity index (χ0v) is 12.9. The molecule has 25 heavy (non-hydrogen) atoms. The van der Waals surface area contributed by atoms with E-state index < -0.39 is 11.9 Å². The van der Waals surface area contributed by atoms with Crippen LogP contribution in [0.25, 0.3) is 17.0 Å². The smallest absolute Gasteiger partial charge is 0.369 e. The number of morpholine rings is 1. The molecule has 0 amide bonds. The van der Waals surface area contributed by atoms with Gasteiger partial charge in [-0.2, -0.15) is 13.2 Å². The van der Waals surface area contributed by atoms with E-state index in [1.54, 1.807) is 0 Å². The Kier molecular flexibility index (Phi) is 3.85. The highest BCUT2D eigenvalue weighted by atomic mass is 19.4. The molecule has 4 heterocycles. The van der Waals surface area contributed by atoms with Crippen molar-refractivity contribution in [1.29, 1.82) is 0 Å². The van der Waals surface area contributed by atoms with E-state index in [-0.39, 0.29) is 23.1 Å². The molecule has 3 aromatic heterocycles. The summed E-state index contributed by atoms with van der Waals surface area (Å²) in [4.78, 5) is 15.7. The van der Waals surface area contributed by atoms with Crippen LogP contribution in [-0.4, -0.2) is 44.0 Å². The van der Waals surface area contributed by atoms with Crippen LogP contribution in [0.15, 0.2) is 31.0 Å². The monoisotopic (exact) mass is 350 g/mol. The lowest BCUT2D eigenvalue weighted by atomic mass is 10.1. The molecule has 4 rings (SSSR count). The Bertz CT molecular complexity index is 904. The van der Waals surface area contributed by atoms with Crippen LogP contribution < -0.4 is 5.32 Å². The van der Waals surface area contributed by atoms with Crippen LogP contribution in [0.3, 0.4) is 0 Å². The summed E-state index contributed by atoms with van der Waals surface area (Å²) in [5.41, 5.74) is -0.398. The summed E-state index contributed by atoms with van der Waals surface area (Å²) in [7, 11) is 0. The maximum Gasteiger partial charge on any atom is 0.435 e. The summed E-state index contributed by atoms with van der Waals surface area (Å²) < 4.78 is 47.3. The van der Waals surface area contributed by atoms with Crippen LogP contribution in [0.4, 0.5) is 13.2 Å². The Morgan fingerprint density at radius 1 is 1.28 bits per heavy atom. The number of fused-ring (bicyclic) bond motifs is 1. The molecule has 10 heteroatoms. The molecule has 1 aliphatic rings. The molecule has 0 aromatic carbocycles. The van der Waals surface area contributed by atoms with Gasteiger partial charge in [0.05, 0.1) is 24.2 Å². The van der Waals surface area contributed by atoms with Crippen molar-refractivity contribution in [1.82, 2.24) is 29.7 Å². The van der Waals surface area contributed by atoms with Crippen molar-refractivity contribution < 1.29 is 17.9 Å². The zero-order chi connectivity index (χ0) is 17.4. The van der Waals surface area contributed by atoms with Crippen molar-refractivity contribution in [3.05, 3.63) is 42.4 Å². The minimum atomic E-state index is -4.62. The standard InChI is InChI=1S/C15H13F3N6O/c16-15(17,18)14-13(24-3-1-19-7-12(24)23-14)10-5-9(21-8-22-10)11-6-20-2-4-25-11/h1,3,5,7-8,11,20H,2,4,6H2. The van der Waals surface area contributed by atoms with Gasteiger partial charge in [-0.15, -0.1) is 0 Å². The molecule has 1 unspecified atom stereocenters. The first-order chi connectivity index (χ1) is 12.0. The third kappa shape index (κ3) is 2.94. The Morgan fingerprint density at radius 2 is 2.16 bits per heavy atom. The van der Waals surface area contributed by atoms with Crippen LogP contribution in [0.5, 0.6) is 0 Å². The topological polar surface area (TPSA) is 77.2 Å². The summed E-state index contributed by atoms with van der Waals surface area (Å²) in [5, 5.41) is 3.16. The first kappa shape index (κ1) is 15.9. The fourth-order valence-electron chi connectivity index (χ4n) is 2.78. The second-order valence-corrected chi connectivity index (χ2v) is 5.50. The van der Waals surface area contributed by atoms with Crippen molar-refractivity contribution in [2.75, 3.05) is 19.7 Å². The molecular weight excluding hydrogens is 337 g/mol. The quantitative estimate of drug-likeness (QED) is 0.760. The first-order valence-corrected chi connectivity index (χ1v) is 7.58. The molecule has 1 fully saturated rings. The lowest BCUT2D eigenvalue weighted by Gasteiger charge is -2.23. The molecular formula is C15H13F3N6O. The lowest BCUT2D eigenvalue weighted by molar-refractivity contribution is -0.140.